The van der Waals surface area contributed by atoms with E-state index in [2.05, 4.69) is 0 Å². The van der Waals surface area contributed by atoms with E-state index in [4.69, 9.17) is 4.74 Å². The molecule has 2 nitrogen and oxygen atoms in total. The number of halogens is 2. The molecular weight excluding hydrogens is 214 g/mol. The number of hydrogen-bond donors (Lipinski definition) is 1. The van der Waals surface area contributed by atoms with Crippen LogP contribution in [-0.2, 0) is 11.2 Å². The average Bonchev–Trinajstić information content (AvgIpc) is 2.23. The van der Waals surface area contributed by atoms with E-state index in [0.29, 0.717) is 0 Å². The van der Waals surface area contributed by atoms with Crippen molar-refractivity contribution in [3.8, 4) is 0 Å². The molecule has 0 bridgehead atoms. The van der Waals surface area contributed by atoms with Crippen LogP contribution in [0.1, 0.15) is 19.4 Å². The van der Waals surface area contributed by atoms with Gasteiger partial charge in [0.25, 0.3) is 0 Å². The van der Waals surface area contributed by atoms with E-state index in [9.17, 15) is 13.9 Å². The molecule has 16 heavy (non-hydrogen) atoms. The predicted octanol–water partition coefficient (Wildman–Crippen LogP) is 2.29. The third kappa shape index (κ3) is 2.77. The Morgan fingerprint density at radius 1 is 1.44 bits per heavy atom. The summed E-state index contributed by atoms with van der Waals surface area (Å²) >= 11 is 0. The summed E-state index contributed by atoms with van der Waals surface area (Å²) in [6.45, 7) is 3.21. The summed E-state index contributed by atoms with van der Waals surface area (Å²) in [5.74, 6) is -1.82. The third-order valence-corrected chi connectivity index (χ3v) is 2.81. The number of benzene rings is 1. The molecule has 1 aromatic carbocycles. The summed E-state index contributed by atoms with van der Waals surface area (Å²) in [4.78, 5) is 0. The molecule has 0 aliphatic carbocycles. The van der Waals surface area contributed by atoms with Gasteiger partial charge in [-0.3, -0.25) is 0 Å². The van der Waals surface area contributed by atoms with Gasteiger partial charge in [-0.1, -0.05) is 12.1 Å². The number of aliphatic hydroxyl groups is 1. The summed E-state index contributed by atoms with van der Waals surface area (Å²) < 4.78 is 31.3. The first kappa shape index (κ1) is 13.1. The van der Waals surface area contributed by atoms with Gasteiger partial charge in [0, 0.05) is 13.5 Å². The highest BCUT2D eigenvalue weighted by molar-refractivity contribution is 5.21. The number of methoxy groups -OCH3 is 1. The van der Waals surface area contributed by atoms with Gasteiger partial charge in [-0.15, -0.1) is 0 Å². The lowest BCUT2D eigenvalue weighted by atomic mass is 9.91. The Hall–Kier alpha value is -1.00. The molecule has 0 fully saturated rings. The zero-order valence-electron chi connectivity index (χ0n) is 9.63. The molecule has 0 radical (unpaired) electrons. The smallest absolute Gasteiger partial charge is 0.162 e. The normalized spacial score (nSPS) is 16.9. The Labute approximate surface area is 93.9 Å². The Morgan fingerprint density at radius 3 is 2.62 bits per heavy atom. The van der Waals surface area contributed by atoms with Crippen LogP contribution in [0.25, 0.3) is 0 Å². The molecule has 1 rings (SSSR count). The van der Waals surface area contributed by atoms with Crippen molar-refractivity contribution in [3.63, 3.8) is 0 Å². The molecular formula is C12H16F2O2. The van der Waals surface area contributed by atoms with Crippen molar-refractivity contribution in [3.05, 3.63) is 35.4 Å². The summed E-state index contributed by atoms with van der Waals surface area (Å²) in [5, 5.41) is 10.0. The lowest BCUT2D eigenvalue weighted by Gasteiger charge is -2.29. The van der Waals surface area contributed by atoms with Gasteiger partial charge in [0.2, 0.25) is 0 Å². The fourth-order valence-electron chi connectivity index (χ4n) is 1.47. The van der Waals surface area contributed by atoms with Crippen molar-refractivity contribution < 1.29 is 18.6 Å². The summed E-state index contributed by atoms with van der Waals surface area (Å²) in [5.41, 5.74) is -1.09. The highest BCUT2D eigenvalue weighted by Crippen LogP contribution is 2.22. The minimum absolute atomic E-state index is 0.00556. The summed E-state index contributed by atoms with van der Waals surface area (Å²) in [7, 11) is 1.46. The van der Waals surface area contributed by atoms with Gasteiger partial charge in [0.1, 0.15) is 0 Å². The van der Waals surface area contributed by atoms with Gasteiger partial charge in [-0.2, -0.15) is 0 Å². The fourth-order valence-corrected chi connectivity index (χ4v) is 1.47. The van der Waals surface area contributed by atoms with Crippen LogP contribution in [-0.4, -0.2) is 23.9 Å². The second-order valence-corrected chi connectivity index (χ2v) is 4.12. The van der Waals surface area contributed by atoms with E-state index in [1.807, 2.05) is 0 Å². The maximum atomic E-state index is 13.4. The Balaban J connectivity index is 2.92. The molecule has 0 aromatic heterocycles. The lowest BCUT2D eigenvalue weighted by molar-refractivity contribution is -0.0720. The maximum absolute atomic E-state index is 13.4. The standard InChI is InChI=1S/C12H16F2O2/c1-8(16-3)12(2,15)7-9-5-4-6-10(13)11(9)14/h4-6,8,15H,7H2,1-3H3. The highest BCUT2D eigenvalue weighted by Gasteiger charge is 2.30. The second kappa shape index (κ2) is 4.89. The van der Waals surface area contributed by atoms with Gasteiger partial charge in [0.05, 0.1) is 11.7 Å². The van der Waals surface area contributed by atoms with Gasteiger partial charge in [0.15, 0.2) is 11.6 Å². The SMILES string of the molecule is COC(C)C(C)(O)Cc1cccc(F)c1F. The van der Waals surface area contributed by atoms with Crippen molar-refractivity contribution in [2.24, 2.45) is 0 Å². The van der Waals surface area contributed by atoms with Gasteiger partial charge < -0.3 is 9.84 Å². The van der Waals surface area contributed by atoms with Crippen molar-refractivity contribution in [2.75, 3.05) is 7.11 Å². The first-order valence-corrected chi connectivity index (χ1v) is 5.06. The molecule has 1 N–H and O–H groups in total. The molecule has 2 atom stereocenters. The quantitative estimate of drug-likeness (QED) is 0.860. The zero-order chi connectivity index (χ0) is 12.3. The molecule has 90 valence electrons. The van der Waals surface area contributed by atoms with E-state index in [0.717, 1.165) is 6.07 Å². The van der Waals surface area contributed by atoms with Gasteiger partial charge in [-0.25, -0.2) is 8.78 Å². The first-order valence-electron chi connectivity index (χ1n) is 5.06. The highest BCUT2D eigenvalue weighted by atomic mass is 19.2. The Bertz CT molecular complexity index is 364. The topological polar surface area (TPSA) is 29.5 Å². The van der Waals surface area contributed by atoms with Crippen LogP contribution >= 0.6 is 0 Å². The van der Waals surface area contributed by atoms with Crippen LogP contribution < -0.4 is 0 Å². The lowest BCUT2D eigenvalue weighted by Crippen LogP contribution is -2.40. The molecule has 0 amide bonds. The molecule has 0 spiro atoms. The van der Waals surface area contributed by atoms with Crippen LogP contribution in [0.3, 0.4) is 0 Å². The van der Waals surface area contributed by atoms with E-state index in [-0.39, 0.29) is 12.0 Å². The van der Waals surface area contributed by atoms with Gasteiger partial charge in [-0.05, 0) is 25.5 Å². The predicted molar refractivity (Wildman–Crippen MR) is 57.2 cm³/mol. The van der Waals surface area contributed by atoms with Crippen molar-refractivity contribution in [1.29, 1.82) is 0 Å². The third-order valence-electron chi connectivity index (χ3n) is 2.81. The first-order chi connectivity index (χ1) is 7.38. The van der Waals surface area contributed by atoms with Crippen LogP contribution in [0.15, 0.2) is 18.2 Å². The van der Waals surface area contributed by atoms with Crippen molar-refractivity contribution >= 4 is 0 Å². The number of hydrogen-bond acceptors (Lipinski definition) is 2. The molecule has 4 heteroatoms. The average molecular weight is 230 g/mol. The van der Waals surface area contributed by atoms with Crippen LogP contribution in [0.5, 0.6) is 0 Å². The fraction of sp³-hybridized carbons (Fsp3) is 0.500. The van der Waals surface area contributed by atoms with Crippen molar-refractivity contribution in [1.82, 2.24) is 0 Å². The van der Waals surface area contributed by atoms with E-state index in [1.54, 1.807) is 6.92 Å². The largest absolute Gasteiger partial charge is 0.387 e. The van der Waals surface area contributed by atoms with Crippen LogP contribution in [0, 0.1) is 11.6 Å². The van der Waals surface area contributed by atoms with Crippen molar-refractivity contribution in [2.45, 2.75) is 32.0 Å². The van der Waals surface area contributed by atoms with E-state index in [1.165, 1.54) is 26.2 Å². The molecule has 0 aliphatic heterocycles. The Kier molecular flexibility index (Phi) is 3.99. The summed E-state index contributed by atoms with van der Waals surface area (Å²) in [6, 6.07) is 3.92. The molecule has 0 aliphatic rings. The summed E-state index contributed by atoms with van der Waals surface area (Å²) in [6.07, 6.45) is -0.457. The van der Waals surface area contributed by atoms with E-state index < -0.39 is 23.3 Å². The monoisotopic (exact) mass is 230 g/mol. The minimum atomic E-state index is -1.23. The zero-order valence-corrected chi connectivity index (χ0v) is 9.63. The maximum Gasteiger partial charge on any atom is 0.162 e. The molecule has 2 unspecified atom stereocenters. The molecule has 0 saturated carbocycles. The molecule has 0 heterocycles. The number of ether oxygens (including phenoxy) is 1. The van der Waals surface area contributed by atoms with E-state index >= 15 is 0 Å². The Morgan fingerprint density at radius 2 is 2.06 bits per heavy atom. The number of rotatable bonds is 4. The van der Waals surface area contributed by atoms with Crippen LogP contribution in [0.2, 0.25) is 0 Å². The molecule has 0 saturated heterocycles. The minimum Gasteiger partial charge on any atom is -0.387 e. The molecule has 1 aromatic rings. The second-order valence-electron chi connectivity index (χ2n) is 4.12. The van der Waals surface area contributed by atoms with Gasteiger partial charge >= 0.3 is 0 Å². The van der Waals surface area contributed by atoms with Crippen LogP contribution in [0.4, 0.5) is 8.78 Å².